The Labute approximate surface area is 198 Å². The largest absolute Gasteiger partial charge is 0.497 e. The van der Waals surface area contributed by atoms with E-state index in [-0.39, 0.29) is 0 Å². The van der Waals surface area contributed by atoms with Gasteiger partial charge in [0.1, 0.15) is 5.75 Å². The van der Waals surface area contributed by atoms with Crippen LogP contribution >= 0.6 is 23.4 Å². The zero-order valence-electron chi connectivity index (χ0n) is 17.4. The summed E-state index contributed by atoms with van der Waals surface area (Å²) in [5, 5.41) is 14.2. The summed E-state index contributed by atoms with van der Waals surface area (Å²) < 4.78 is 12.7. The maximum atomic E-state index is 6.25. The summed E-state index contributed by atoms with van der Waals surface area (Å²) in [7, 11) is 1.64. The van der Waals surface area contributed by atoms with Gasteiger partial charge < -0.3 is 9.26 Å². The molecule has 0 aliphatic rings. The fourth-order valence-electron chi connectivity index (χ4n) is 3.21. The van der Waals surface area contributed by atoms with Crippen molar-refractivity contribution in [2.75, 3.05) is 7.11 Å². The van der Waals surface area contributed by atoms with Gasteiger partial charge in [-0.05, 0) is 48.5 Å². The van der Waals surface area contributed by atoms with Crippen molar-refractivity contribution in [2.45, 2.75) is 10.9 Å². The van der Waals surface area contributed by atoms with Crippen LogP contribution in [0.5, 0.6) is 5.75 Å². The van der Waals surface area contributed by atoms with E-state index in [9.17, 15) is 0 Å². The lowest BCUT2D eigenvalue weighted by atomic mass is 10.2. The second kappa shape index (κ2) is 9.43. The van der Waals surface area contributed by atoms with Crippen LogP contribution in [0.1, 0.15) is 5.89 Å². The molecule has 0 unspecified atom stereocenters. The lowest BCUT2D eigenvalue weighted by molar-refractivity contribution is 0.391. The molecule has 0 amide bonds. The van der Waals surface area contributed by atoms with E-state index in [2.05, 4.69) is 25.3 Å². The standard InChI is InChI=1S/C23H17ClN6O2S/c1-31-17-8-6-16(7-9-17)30-22(15-10-12-25-13-11-15)27-28-23(30)33-14-20-26-21(29-32-20)18-4-2-3-5-19(18)24/h2-13H,14H2,1H3. The van der Waals surface area contributed by atoms with E-state index in [0.29, 0.717) is 33.5 Å². The van der Waals surface area contributed by atoms with E-state index in [1.165, 1.54) is 11.8 Å². The number of nitrogens with zero attached hydrogens (tertiary/aromatic N) is 6. The molecule has 0 fully saturated rings. The van der Waals surface area contributed by atoms with E-state index < -0.39 is 0 Å². The summed E-state index contributed by atoms with van der Waals surface area (Å²) in [6.45, 7) is 0. The Hall–Kier alpha value is -3.69. The molecule has 0 atom stereocenters. The van der Waals surface area contributed by atoms with Crippen molar-refractivity contribution in [3.63, 3.8) is 0 Å². The number of ether oxygens (including phenoxy) is 1. The molecule has 0 aliphatic carbocycles. The third kappa shape index (κ3) is 4.46. The Morgan fingerprint density at radius 2 is 1.79 bits per heavy atom. The van der Waals surface area contributed by atoms with Gasteiger partial charge in [0.2, 0.25) is 11.7 Å². The van der Waals surface area contributed by atoms with Crippen molar-refractivity contribution in [1.29, 1.82) is 0 Å². The summed E-state index contributed by atoms with van der Waals surface area (Å²) in [5.41, 5.74) is 2.52. The van der Waals surface area contributed by atoms with Gasteiger partial charge >= 0.3 is 0 Å². The minimum atomic E-state index is 0.419. The zero-order chi connectivity index (χ0) is 22.6. The van der Waals surface area contributed by atoms with Crippen LogP contribution in [0.25, 0.3) is 28.5 Å². The molecule has 0 N–H and O–H groups in total. The highest BCUT2D eigenvalue weighted by Crippen LogP contribution is 2.31. The third-order valence-electron chi connectivity index (χ3n) is 4.81. The van der Waals surface area contributed by atoms with Gasteiger partial charge in [-0.2, -0.15) is 4.98 Å². The van der Waals surface area contributed by atoms with Gasteiger partial charge in [0.15, 0.2) is 11.0 Å². The average Bonchev–Trinajstić information content (AvgIpc) is 3.51. The first-order chi connectivity index (χ1) is 16.2. The molecule has 8 nitrogen and oxygen atoms in total. The Kier molecular flexibility index (Phi) is 6.05. The Balaban J connectivity index is 1.45. The summed E-state index contributed by atoms with van der Waals surface area (Å²) in [5.74, 6) is 2.80. The van der Waals surface area contributed by atoms with Gasteiger partial charge in [0, 0.05) is 29.2 Å². The van der Waals surface area contributed by atoms with Crippen LogP contribution in [0.2, 0.25) is 5.02 Å². The molecule has 164 valence electrons. The molecule has 33 heavy (non-hydrogen) atoms. The summed E-state index contributed by atoms with van der Waals surface area (Å²) in [4.78, 5) is 8.58. The molecule has 0 bridgehead atoms. The number of pyridine rings is 1. The van der Waals surface area contributed by atoms with E-state index in [4.69, 9.17) is 20.9 Å². The molecule has 10 heteroatoms. The lowest BCUT2D eigenvalue weighted by Gasteiger charge is -2.10. The number of hydrogen-bond donors (Lipinski definition) is 0. The van der Waals surface area contributed by atoms with E-state index in [0.717, 1.165) is 22.6 Å². The van der Waals surface area contributed by atoms with Crippen molar-refractivity contribution >= 4 is 23.4 Å². The zero-order valence-corrected chi connectivity index (χ0v) is 19.0. The first kappa shape index (κ1) is 21.2. The normalized spacial score (nSPS) is 11.0. The van der Waals surface area contributed by atoms with Gasteiger partial charge in [-0.25, -0.2) is 0 Å². The number of aromatic nitrogens is 6. The topological polar surface area (TPSA) is 91.8 Å². The molecule has 0 radical (unpaired) electrons. The summed E-state index contributed by atoms with van der Waals surface area (Å²) in [6.07, 6.45) is 3.45. The van der Waals surface area contributed by atoms with Crippen molar-refractivity contribution < 1.29 is 9.26 Å². The highest BCUT2D eigenvalue weighted by atomic mass is 35.5. The van der Waals surface area contributed by atoms with Crippen molar-refractivity contribution in [2.24, 2.45) is 0 Å². The molecular weight excluding hydrogens is 460 g/mol. The molecule has 0 spiro atoms. The Morgan fingerprint density at radius 1 is 1.00 bits per heavy atom. The number of methoxy groups -OCH3 is 1. The SMILES string of the molecule is COc1ccc(-n2c(SCc3nc(-c4ccccc4Cl)no3)nnc2-c2ccncc2)cc1. The van der Waals surface area contributed by atoms with E-state index in [1.807, 2.05) is 59.2 Å². The summed E-state index contributed by atoms with van der Waals surface area (Å²) in [6, 6.07) is 18.9. The summed E-state index contributed by atoms with van der Waals surface area (Å²) >= 11 is 7.70. The van der Waals surface area contributed by atoms with Gasteiger partial charge in [-0.3, -0.25) is 9.55 Å². The van der Waals surface area contributed by atoms with Crippen LogP contribution in [0.4, 0.5) is 0 Å². The molecule has 3 heterocycles. The van der Waals surface area contributed by atoms with E-state index in [1.54, 1.807) is 25.6 Å². The van der Waals surface area contributed by atoms with Crippen LogP contribution in [0, 0.1) is 0 Å². The maximum Gasteiger partial charge on any atom is 0.237 e. The molecule has 3 aromatic heterocycles. The predicted octanol–water partition coefficient (Wildman–Crippen LogP) is 5.33. The molecule has 5 aromatic rings. The third-order valence-corrected chi connectivity index (χ3v) is 6.05. The number of halogens is 1. The number of benzene rings is 2. The van der Waals surface area contributed by atoms with Crippen molar-refractivity contribution in [3.05, 3.63) is 84.0 Å². The second-order valence-corrected chi connectivity index (χ2v) is 8.21. The van der Waals surface area contributed by atoms with Gasteiger partial charge in [0.25, 0.3) is 0 Å². The first-order valence-electron chi connectivity index (χ1n) is 9.93. The van der Waals surface area contributed by atoms with Crippen molar-refractivity contribution in [1.82, 2.24) is 29.9 Å². The van der Waals surface area contributed by atoms with Crippen LogP contribution in [0.3, 0.4) is 0 Å². The fraction of sp³-hybridized carbons (Fsp3) is 0.0870. The Bertz CT molecular complexity index is 1370. The van der Waals surface area contributed by atoms with Crippen LogP contribution in [-0.4, -0.2) is 37.0 Å². The van der Waals surface area contributed by atoms with E-state index >= 15 is 0 Å². The highest BCUT2D eigenvalue weighted by Gasteiger charge is 2.18. The second-order valence-electron chi connectivity index (χ2n) is 6.86. The molecular formula is C23H17ClN6O2S. The number of thioether (sulfide) groups is 1. The van der Waals surface area contributed by atoms with Crippen LogP contribution in [0.15, 0.2) is 82.7 Å². The molecule has 2 aromatic carbocycles. The van der Waals surface area contributed by atoms with Crippen molar-refractivity contribution in [3.8, 4) is 34.2 Å². The van der Waals surface area contributed by atoms with Crippen LogP contribution in [-0.2, 0) is 5.75 Å². The monoisotopic (exact) mass is 476 g/mol. The lowest BCUT2D eigenvalue weighted by Crippen LogP contribution is -2.00. The first-order valence-corrected chi connectivity index (χ1v) is 11.3. The molecule has 0 saturated carbocycles. The quantitative estimate of drug-likeness (QED) is 0.291. The van der Waals surface area contributed by atoms with Gasteiger partial charge in [-0.15, -0.1) is 10.2 Å². The average molecular weight is 477 g/mol. The van der Waals surface area contributed by atoms with Gasteiger partial charge in [-0.1, -0.05) is 40.7 Å². The predicted molar refractivity (Wildman–Crippen MR) is 125 cm³/mol. The Morgan fingerprint density at radius 3 is 2.55 bits per heavy atom. The smallest absolute Gasteiger partial charge is 0.237 e. The maximum absolute atomic E-state index is 6.25. The van der Waals surface area contributed by atoms with Gasteiger partial charge in [0.05, 0.1) is 17.9 Å². The highest BCUT2D eigenvalue weighted by molar-refractivity contribution is 7.98. The van der Waals surface area contributed by atoms with Crippen LogP contribution < -0.4 is 4.74 Å². The fourth-order valence-corrected chi connectivity index (χ4v) is 4.22. The molecule has 0 saturated heterocycles. The minimum Gasteiger partial charge on any atom is -0.497 e. The molecule has 5 rings (SSSR count). The molecule has 0 aliphatic heterocycles. The minimum absolute atomic E-state index is 0.419. The number of hydrogen-bond acceptors (Lipinski definition) is 8. The number of rotatable bonds is 7.